The van der Waals surface area contributed by atoms with Crippen molar-refractivity contribution in [1.82, 2.24) is 15.2 Å². The van der Waals surface area contributed by atoms with Gasteiger partial charge in [0, 0.05) is 6.20 Å². The predicted molar refractivity (Wildman–Crippen MR) is 48.2 cm³/mol. The number of aromatic nitrogens is 3. The van der Waals surface area contributed by atoms with E-state index in [0.29, 0.717) is 15.5 Å². The number of nitrogens with zero attached hydrogens (tertiary/aromatic N) is 3. The summed E-state index contributed by atoms with van der Waals surface area (Å²) < 4.78 is 0.495. The Labute approximate surface area is 80.3 Å². The zero-order chi connectivity index (χ0) is 9.42. The van der Waals surface area contributed by atoms with Crippen LogP contribution in [-0.2, 0) is 0 Å². The van der Waals surface area contributed by atoms with Crippen LogP contribution in [-0.4, -0.2) is 20.1 Å². The lowest BCUT2D eigenvalue weighted by Gasteiger charge is -1.90. The Hall–Kier alpha value is -1.50. The maximum atomic E-state index is 10.5. The van der Waals surface area contributed by atoms with Crippen LogP contribution in [0.3, 0.4) is 0 Å². The second-order valence-electron chi connectivity index (χ2n) is 2.33. The minimum absolute atomic E-state index is 0.113. The smallest absolute Gasteiger partial charge is 0.350 e. The minimum Gasteiger partial charge on any atom is -0.358 e. The lowest BCUT2D eigenvalue weighted by Crippen LogP contribution is -1.87. The van der Waals surface area contributed by atoms with Crippen molar-refractivity contribution in [2.24, 2.45) is 0 Å². The highest BCUT2D eigenvalue weighted by molar-refractivity contribution is 9.10. The molecule has 0 aliphatic rings. The van der Waals surface area contributed by atoms with Gasteiger partial charge in [0.25, 0.3) is 0 Å². The lowest BCUT2D eigenvalue weighted by atomic mass is 10.3. The van der Waals surface area contributed by atoms with E-state index in [1.807, 2.05) is 0 Å². The van der Waals surface area contributed by atoms with Crippen LogP contribution in [0.15, 0.2) is 16.9 Å². The molecule has 0 aliphatic heterocycles. The molecule has 0 spiro atoms. The van der Waals surface area contributed by atoms with E-state index in [0.717, 1.165) is 0 Å². The van der Waals surface area contributed by atoms with E-state index in [-0.39, 0.29) is 5.82 Å². The molecule has 2 aromatic heterocycles. The van der Waals surface area contributed by atoms with Gasteiger partial charge in [-0.1, -0.05) is 5.10 Å². The summed E-state index contributed by atoms with van der Waals surface area (Å²) in [5, 5.41) is 17.0. The molecule has 7 heteroatoms. The van der Waals surface area contributed by atoms with Gasteiger partial charge in [-0.25, -0.2) is 4.98 Å². The largest absolute Gasteiger partial charge is 0.358 e. The number of nitrogens with one attached hydrogen (secondary N) is 1. The quantitative estimate of drug-likeness (QED) is 0.468. The van der Waals surface area contributed by atoms with Crippen LogP contribution in [0.5, 0.6) is 0 Å². The maximum absolute atomic E-state index is 10.5. The number of rotatable bonds is 1. The van der Waals surface area contributed by atoms with Gasteiger partial charge in [-0.2, -0.15) is 0 Å². The van der Waals surface area contributed by atoms with Gasteiger partial charge in [0.15, 0.2) is 5.52 Å². The number of hydrogen-bond acceptors (Lipinski definition) is 4. The Bertz CT molecular complexity index is 480. The molecule has 0 bridgehead atoms. The van der Waals surface area contributed by atoms with E-state index < -0.39 is 4.92 Å². The number of fused-ring (bicyclic) bond motifs is 1. The van der Waals surface area contributed by atoms with Crippen LogP contribution in [0.25, 0.3) is 10.9 Å². The Morgan fingerprint density at radius 3 is 3.08 bits per heavy atom. The molecule has 0 aliphatic carbocycles. The summed E-state index contributed by atoms with van der Waals surface area (Å²) in [4.78, 5) is 13.9. The summed E-state index contributed by atoms with van der Waals surface area (Å²) in [7, 11) is 0. The van der Waals surface area contributed by atoms with Gasteiger partial charge >= 0.3 is 5.82 Å². The van der Waals surface area contributed by atoms with Crippen molar-refractivity contribution in [3.63, 3.8) is 0 Å². The fourth-order valence-electron chi connectivity index (χ4n) is 1.03. The first-order chi connectivity index (χ1) is 6.20. The Kier molecular flexibility index (Phi) is 1.73. The molecule has 0 saturated carbocycles. The van der Waals surface area contributed by atoms with Gasteiger partial charge in [-0.3, -0.25) is 0 Å². The number of aromatic amines is 1. The summed E-state index contributed by atoms with van der Waals surface area (Å²) in [5.74, 6) is -0.113. The highest BCUT2D eigenvalue weighted by Crippen LogP contribution is 2.25. The van der Waals surface area contributed by atoms with Gasteiger partial charge in [-0.15, -0.1) is 5.10 Å². The molecule has 6 nitrogen and oxygen atoms in total. The first kappa shape index (κ1) is 8.11. The lowest BCUT2D eigenvalue weighted by molar-refractivity contribution is -0.387. The van der Waals surface area contributed by atoms with Crippen LogP contribution in [0.2, 0.25) is 0 Å². The zero-order valence-corrected chi connectivity index (χ0v) is 7.78. The van der Waals surface area contributed by atoms with Crippen molar-refractivity contribution < 1.29 is 4.92 Å². The number of halogens is 1. The van der Waals surface area contributed by atoms with Crippen molar-refractivity contribution in [3.8, 4) is 0 Å². The first-order valence-corrected chi connectivity index (χ1v) is 4.12. The summed E-state index contributed by atoms with van der Waals surface area (Å²) >= 11 is 3.14. The molecule has 0 fully saturated rings. The van der Waals surface area contributed by atoms with Crippen LogP contribution in [0.1, 0.15) is 0 Å². The van der Waals surface area contributed by atoms with E-state index in [1.54, 1.807) is 6.07 Å². The molecule has 2 aromatic rings. The Morgan fingerprint density at radius 1 is 1.62 bits per heavy atom. The van der Waals surface area contributed by atoms with Crippen LogP contribution in [0.4, 0.5) is 5.82 Å². The van der Waals surface area contributed by atoms with Gasteiger partial charge < -0.3 is 10.1 Å². The summed E-state index contributed by atoms with van der Waals surface area (Å²) in [6, 6.07) is 1.54. The first-order valence-electron chi connectivity index (χ1n) is 3.33. The third-order valence-corrected chi connectivity index (χ3v) is 2.17. The van der Waals surface area contributed by atoms with Crippen molar-refractivity contribution in [1.29, 1.82) is 0 Å². The van der Waals surface area contributed by atoms with Crippen LogP contribution in [0, 0.1) is 10.1 Å². The SMILES string of the molecule is O=[N+]([O-])c1[nH]nc2c(Br)nccc12. The number of pyridine rings is 1. The molecule has 0 amide bonds. The van der Waals surface area contributed by atoms with Crippen molar-refractivity contribution >= 4 is 32.7 Å². The standard InChI is InChI=1S/C6H3BrN4O2/c7-5-4-3(1-2-8-5)6(10-9-4)11(12)13/h1-2H,(H,9,10). The molecule has 2 rings (SSSR count). The van der Waals surface area contributed by atoms with E-state index >= 15 is 0 Å². The zero-order valence-electron chi connectivity index (χ0n) is 6.19. The number of hydrogen-bond donors (Lipinski definition) is 1. The molecular weight excluding hydrogens is 240 g/mol. The molecule has 1 N–H and O–H groups in total. The van der Waals surface area contributed by atoms with Gasteiger partial charge in [0.1, 0.15) is 9.99 Å². The molecular formula is C6H3BrN4O2. The summed E-state index contributed by atoms with van der Waals surface area (Å²) in [5.41, 5.74) is 0.467. The van der Waals surface area contributed by atoms with Crippen molar-refractivity contribution in [2.75, 3.05) is 0 Å². The minimum atomic E-state index is -0.512. The second kappa shape index (κ2) is 2.77. The maximum Gasteiger partial charge on any atom is 0.350 e. The highest BCUT2D eigenvalue weighted by Gasteiger charge is 2.16. The van der Waals surface area contributed by atoms with E-state index in [2.05, 4.69) is 31.1 Å². The molecule has 0 unspecified atom stereocenters. The molecule has 0 radical (unpaired) electrons. The fraction of sp³-hybridized carbons (Fsp3) is 0. The molecule has 2 heterocycles. The average molecular weight is 243 g/mol. The number of H-pyrrole nitrogens is 1. The molecule has 66 valence electrons. The van der Waals surface area contributed by atoms with Gasteiger partial charge in [0.05, 0.1) is 0 Å². The molecule has 0 saturated heterocycles. The van der Waals surface area contributed by atoms with Gasteiger partial charge in [-0.05, 0) is 26.9 Å². The van der Waals surface area contributed by atoms with E-state index in [9.17, 15) is 10.1 Å². The van der Waals surface area contributed by atoms with Crippen molar-refractivity contribution in [3.05, 3.63) is 27.0 Å². The topological polar surface area (TPSA) is 84.7 Å². The summed E-state index contributed by atoms with van der Waals surface area (Å²) in [6.45, 7) is 0. The average Bonchev–Trinajstić information content (AvgIpc) is 2.48. The third-order valence-electron chi connectivity index (χ3n) is 1.59. The Balaban J connectivity index is 2.83. The van der Waals surface area contributed by atoms with Crippen molar-refractivity contribution in [2.45, 2.75) is 0 Å². The molecule has 0 atom stereocenters. The second-order valence-corrected chi connectivity index (χ2v) is 3.08. The normalized spacial score (nSPS) is 10.5. The van der Waals surface area contributed by atoms with Crippen LogP contribution >= 0.6 is 15.9 Å². The van der Waals surface area contributed by atoms with E-state index in [1.165, 1.54) is 6.20 Å². The third kappa shape index (κ3) is 1.17. The highest BCUT2D eigenvalue weighted by atomic mass is 79.9. The van der Waals surface area contributed by atoms with Crippen LogP contribution < -0.4 is 0 Å². The fourth-order valence-corrected chi connectivity index (χ4v) is 1.45. The molecule has 0 aromatic carbocycles. The number of nitro groups is 1. The Morgan fingerprint density at radius 2 is 2.38 bits per heavy atom. The summed E-state index contributed by atoms with van der Waals surface area (Å²) in [6.07, 6.45) is 1.48. The predicted octanol–water partition coefficient (Wildman–Crippen LogP) is 1.63. The monoisotopic (exact) mass is 242 g/mol. The molecule has 13 heavy (non-hydrogen) atoms. The van der Waals surface area contributed by atoms with Gasteiger partial charge in [0.2, 0.25) is 0 Å². The van der Waals surface area contributed by atoms with E-state index in [4.69, 9.17) is 0 Å².